The monoisotopic (exact) mass is 238 g/mol. The van der Waals surface area contributed by atoms with Crippen molar-refractivity contribution < 1.29 is 4.79 Å². The van der Waals surface area contributed by atoms with Gasteiger partial charge in [0.1, 0.15) is 0 Å². The van der Waals surface area contributed by atoms with Crippen LogP contribution in [-0.4, -0.2) is 36.5 Å². The molecule has 3 heteroatoms. The van der Waals surface area contributed by atoms with Crippen LogP contribution >= 0.6 is 0 Å². The topological polar surface area (TPSA) is 32.3 Å². The molecule has 1 aliphatic heterocycles. The van der Waals surface area contributed by atoms with E-state index < -0.39 is 0 Å². The largest absolute Gasteiger partial charge is 0.341 e. The summed E-state index contributed by atoms with van der Waals surface area (Å²) in [6.07, 6.45) is 6.40. The Morgan fingerprint density at radius 2 is 2.06 bits per heavy atom. The summed E-state index contributed by atoms with van der Waals surface area (Å²) in [4.78, 5) is 14.2. The molecule has 98 valence electrons. The number of nitrogens with one attached hydrogen (secondary N) is 1. The summed E-state index contributed by atoms with van der Waals surface area (Å²) in [5.74, 6) is 1.88. The predicted octanol–water partition coefficient (Wildman–Crippen LogP) is 2.02. The fourth-order valence-electron chi connectivity index (χ4n) is 3.30. The predicted molar refractivity (Wildman–Crippen MR) is 69.8 cm³/mol. The lowest BCUT2D eigenvalue weighted by Gasteiger charge is -2.32. The molecule has 0 aromatic heterocycles. The van der Waals surface area contributed by atoms with Crippen LogP contribution in [0.5, 0.6) is 0 Å². The summed E-state index contributed by atoms with van der Waals surface area (Å²) in [7, 11) is 0. The molecule has 3 atom stereocenters. The standard InChI is InChI=1S/C14H26N2O/c1-3-15-13-8-9-16(14(13)17)10-12-7-5-4-6-11(12)2/h11-13,15H,3-10H2,1-2H3. The maximum Gasteiger partial charge on any atom is 0.239 e. The van der Waals surface area contributed by atoms with Gasteiger partial charge in [-0.2, -0.15) is 0 Å². The SMILES string of the molecule is CCNC1CCN(CC2CCCCC2C)C1=O. The van der Waals surface area contributed by atoms with Gasteiger partial charge in [0.05, 0.1) is 6.04 Å². The van der Waals surface area contributed by atoms with Crippen LogP contribution in [0.3, 0.4) is 0 Å². The maximum absolute atomic E-state index is 12.1. The molecular weight excluding hydrogens is 212 g/mol. The Kier molecular flexibility index (Phi) is 4.43. The van der Waals surface area contributed by atoms with Crippen LogP contribution in [0.1, 0.15) is 46.0 Å². The van der Waals surface area contributed by atoms with E-state index in [4.69, 9.17) is 0 Å². The van der Waals surface area contributed by atoms with Gasteiger partial charge in [-0.3, -0.25) is 4.79 Å². The second-order valence-corrected chi connectivity index (χ2v) is 5.71. The van der Waals surface area contributed by atoms with Crippen molar-refractivity contribution in [1.82, 2.24) is 10.2 Å². The smallest absolute Gasteiger partial charge is 0.239 e. The van der Waals surface area contributed by atoms with Crippen molar-refractivity contribution >= 4 is 5.91 Å². The van der Waals surface area contributed by atoms with E-state index in [0.29, 0.717) is 5.91 Å². The van der Waals surface area contributed by atoms with Crippen LogP contribution in [0.4, 0.5) is 0 Å². The summed E-state index contributed by atoms with van der Waals surface area (Å²) in [6, 6.07) is 0.0962. The minimum absolute atomic E-state index is 0.0962. The fourth-order valence-corrected chi connectivity index (χ4v) is 3.30. The number of rotatable bonds is 4. The molecule has 0 bridgehead atoms. The Balaban J connectivity index is 1.85. The van der Waals surface area contributed by atoms with Crippen molar-refractivity contribution in [2.75, 3.05) is 19.6 Å². The minimum Gasteiger partial charge on any atom is -0.341 e. The molecule has 1 saturated carbocycles. The van der Waals surface area contributed by atoms with Gasteiger partial charge in [0.25, 0.3) is 0 Å². The lowest BCUT2D eigenvalue weighted by atomic mass is 9.80. The van der Waals surface area contributed by atoms with E-state index in [-0.39, 0.29) is 6.04 Å². The summed E-state index contributed by atoms with van der Waals surface area (Å²) in [6.45, 7) is 7.27. The van der Waals surface area contributed by atoms with Gasteiger partial charge >= 0.3 is 0 Å². The molecule has 2 fully saturated rings. The molecule has 3 unspecified atom stereocenters. The van der Waals surface area contributed by atoms with E-state index in [1.807, 2.05) is 0 Å². The summed E-state index contributed by atoms with van der Waals surface area (Å²) in [5, 5.41) is 3.28. The first kappa shape index (κ1) is 12.9. The summed E-state index contributed by atoms with van der Waals surface area (Å²) in [5.41, 5.74) is 0. The van der Waals surface area contributed by atoms with Gasteiger partial charge in [0.2, 0.25) is 5.91 Å². The van der Waals surface area contributed by atoms with Gasteiger partial charge in [0, 0.05) is 13.1 Å². The van der Waals surface area contributed by atoms with Gasteiger partial charge in [0.15, 0.2) is 0 Å². The first-order valence-electron chi connectivity index (χ1n) is 7.24. The van der Waals surface area contributed by atoms with E-state index in [2.05, 4.69) is 24.1 Å². The third kappa shape index (κ3) is 3.01. The first-order valence-corrected chi connectivity index (χ1v) is 7.24. The van der Waals surface area contributed by atoms with Crippen LogP contribution in [0.2, 0.25) is 0 Å². The fraction of sp³-hybridized carbons (Fsp3) is 0.929. The van der Waals surface area contributed by atoms with Crippen LogP contribution in [-0.2, 0) is 4.79 Å². The third-order valence-electron chi connectivity index (χ3n) is 4.49. The zero-order valence-electron chi connectivity index (χ0n) is 11.2. The van der Waals surface area contributed by atoms with Gasteiger partial charge in [-0.25, -0.2) is 0 Å². The normalized spacial score (nSPS) is 34.4. The van der Waals surface area contributed by atoms with Crippen molar-refractivity contribution in [1.29, 1.82) is 0 Å². The molecule has 17 heavy (non-hydrogen) atoms. The van der Waals surface area contributed by atoms with Crippen molar-refractivity contribution in [2.45, 2.75) is 52.0 Å². The van der Waals surface area contributed by atoms with E-state index >= 15 is 0 Å². The van der Waals surface area contributed by atoms with Crippen molar-refractivity contribution in [3.63, 3.8) is 0 Å². The highest BCUT2D eigenvalue weighted by Gasteiger charge is 2.33. The Labute approximate surface area is 105 Å². The van der Waals surface area contributed by atoms with Crippen LogP contribution in [0.15, 0.2) is 0 Å². The quantitative estimate of drug-likeness (QED) is 0.812. The Morgan fingerprint density at radius 1 is 1.29 bits per heavy atom. The average molecular weight is 238 g/mol. The molecule has 1 heterocycles. The number of carbonyl (C=O) groups excluding carboxylic acids is 1. The third-order valence-corrected chi connectivity index (χ3v) is 4.49. The number of likely N-dealkylation sites (N-methyl/N-ethyl adjacent to an activating group) is 1. The van der Waals surface area contributed by atoms with Gasteiger partial charge in [-0.15, -0.1) is 0 Å². The zero-order chi connectivity index (χ0) is 12.3. The number of likely N-dealkylation sites (tertiary alicyclic amines) is 1. The Hall–Kier alpha value is -0.570. The average Bonchev–Trinajstić information content (AvgIpc) is 2.65. The maximum atomic E-state index is 12.1. The second kappa shape index (κ2) is 5.85. The van der Waals surface area contributed by atoms with Crippen LogP contribution in [0.25, 0.3) is 0 Å². The Morgan fingerprint density at radius 3 is 2.76 bits per heavy atom. The molecule has 0 aromatic rings. The van der Waals surface area contributed by atoms with E-state index in [9.17, 15) is 4.79 Å². The number of carbonyl (C=O) groups is 1. The molecule has 0 radical (unpaired) electrons. The number of hydrogen-bond donors (Lipinski definition) is 1. The van der Waals surface area contributed by atoms with Crippen LogP contribution < -0.4 is 5.32 Å². The molecule has 1 amide bonds. The molecule has 0 aromatic carbocycles. The molecule has 3 nitrogen and oxygen atoms in total. The summed E-state index contributed by atoms with van der Waals surface area (Å²) >= 11 is 0. The highest BCUT2D eigenvalue weighted by atomic mass is 16.2. The zero-order valence-corrected chi connectivity index (χ0v) is 11.2. The highest BCUT2D eigenvalue weighted by Crippen LogP contribution is 2.31. The van der Waals surface area contributed by atoms with E-state index in [1.54, 1.807) is 0 Å². The number of amides is 1. The molecule has 0 spiro atoms. The molecule has 1 saturated heterocycles. The van der Waals surface area contributed by atoms with Crippen molar-refractivity contribution in [2.24, 2.45) is 11.8 Å². The summed E-state index contributed by atoms with van der Waals surface area (Å²) < 4.78 is 0. The molecule has 2 rings (SSSR count). The molecule has 1 aliphatic carbocycles. The highest BCUT2D eigenvalue weighted by molar-refractivity contribution is 5.83. The minimum atomic E-state index is 0.0962. The van der Waals surface area contributed by atoms with E-state index in [0.717, 1.165) is 37.9 Å². The van der Waals surface area contributed by atoms with Gasteiger partial charge in [-0.1, -0.05) is 33.1 Å². The van der Waals surface area contributed by atoms with Gasteiger partial charge < -0.3 is 10.2 Å². The number of hydrogen-bond acceptors (Lipinski definition) is 2. The second-order valence-electron chi connectivity index (χ2n) is 5.71. The number of nitrogens with zero attached hydrogens (tertiary/aromatic N) is 1. The van der Waals surface area contributed by atoms with E-state index in [1.165, 1.54) is 25.7 Å². The van der Waals surface area contributed by atoms with Gasteiger partial charge in [-0.05, 0) is 31.2 Å². The lowest BCUT2D eigenvalue weighted by Crippen LogP contribution is -2.41. The first-order chi connectivity index (χ1) is 8.22. The Bertz CT molecular complexity index is 267. The lowest BCUT2D eigenvalue weighted by molar-refractivity contribution is -0.130. The van der Waals surface area contributed by atoms with Crippen molar-refractivity contribution in [3.05, 3.63) is 0 Å². The van der Waals surface area contributed by atoms with Crippen LogP contribution in [0, 0.1) is 11.8 Å². The molecular formula is C14H26N2O. The molecule has 2 aliphatic rings. The van der Waals surface area contributed by atoms with Crippen molar-refractivity contribution in [3.8, 4) is 0 Å². The molecule has 1 N–H and O–H groups in total.